The maximum absolute atomic E-state index is 9.67. The summed E-state index contributed by atoms with van der Waals surface area (Å²) in [6.07, 6.45) is 1.89. The van der Waals surface area contributed by atoms with Crippen LogP contribution in [-0.4, -0.2) is 29.3 Å². The minimum atomic E-state index is -0.197. The molecule has 1 saturated heterocycles. The van der Waals surface area contributed by atoms with Crippen LogP contribution in [0.4, 0.5) is 5.69 Å². The Hall–Kier alpha value is -1.13. The predicted molar refractivity (Wildman–Crippen MR) is 78.2 cm³/mol. The number of aromatic nitrogens is 1. The summed E-state index contributed by atoms with van der Waals surface area (Å²) in [4.78, 5) is 6.89. The first kappa shape index (κ1) is 14.3. The third-order valence-electron chi connectivity index (χ3n) is 4.20. The molecule has 1 unspecified atom stereocenters. The Balaban J connectivity index is 2.19. The lowest BCUT2D eigenvalue weighted by Crippen LogP contribution is -2.37. The van der Waals surface area contributed by atoms with Gasteiger partial charge in [-0.3, -0.25) is 4.98 Å². The molecule has 0 aromatic carbocycles. The summed E-state index contributed by atoms with van der Waals surface area (Å²) in [7, 11) is 0. The van der Waals surface area contributed by atoms with E-state index in [0.717, 1.165) is 42.9 Å². The molecule has 1 aliphatic heterocycles. The highest BCUT2D eigenvalue weighted by Crippen LogP contribution is 2.29. The lowest BCUT2D eigenvalue weighted by molar-refractivity contribution is 0.110. The van der Waals surface area contributed by atoms with Crippen molar-refractivity contribution in [1.29, 1.82) is 0 Å². The Labute approximate surface area is 115 Å². The number of pyridine rings is 1. The van der Waals surface area contributed by atoms with Gasteiger partial charge in [-0.2, -0.15) is 0 Å². The quantitative estimate of drug-likeness (QED) is 0.872. The molecule has 0 radical (unpaired) electrons. The fourth-order valence-electron chi connectivity index (χ4n) is 2.99. The highest BCUT2D eigenvalue weighted by Gasteiger charge is 2.24. The summed E-state index contributed by atoms with van der Waals surface area (Å²) in [5.41, 5.74) is 10.3. The summed E-state index contributed by atoms with van der Waals surface area (Å²) in [6.45, 7) is 8.47. The Morgan fingerprint density at radius 1 is 1.42 bits per heavy atom. The number of aryl methyl sites for hydroxylation is 2. The topological polar surface area (TPSA) is 62.4 Å². The van der Waals surface area contributed by atoms with Crippen LogP contribution in [-0.2, 0) is 6.54 Å². The van der Waals surface area contributed by atoms with E-state index in [-0.39, 0.29) is 6.10 Å². The summed E-state index contributed by atoms with van der Waals surface area (Å²) in [5, 5.41) is 9.67. The fraction of sp³-hybridized carbons (Fsp3) is 0.667. The second-order valence-electron chi connectivity index (χ2n) is 5.62. The molecule has 106 valence electrons. The predicted octanol–water partition coefficient (Wildman–Crippen LogP) is 1.75. The van der Waals surface area contributed by atoms with Gasteiger partial charge in [-0.05, 0) is 45.6 Å². The number of aliphatic hydroxyl groups is 1. The molecule has 1 aromatic heterocycles. The highest BCUT2D eigenvalue weighted by atomic mass is 16.3. The number of rotatable bonds is 3. The lowest BCUT2D eigenvalue weighted by Gasteiger charge is -2.36. The van der Waals surface area contributed by atoms with Gasteiger partial charge >= 0.3 is 0 Å². The SMILES string of the molecule is Cc1cc(N2CCC(C(C)O)CC2)c(CN)c(C)n1. The van der Waals surface area contributed by atoms with Crippen LogP contribution in [0.2, 0.25) is 0 Å². The van der Waals surface area contributed by atoms with Crippen molar-refractivity contribution in [2.75, 3.05) is 18.0 Å². The molecule has 0 saturated carbocycles. The Morgan fingerprint density at radius 2 is 2.05 bits per heavy atom. The third-order valence-corrected chi connectivity index (χ3v) is 4.20. The molecule has 1 aliphatic rings. The van der Waals surface area contributed by atoms with Crippen LogP contribution in [0.5, 0.6) is 0 Å². The molecule has 2 rings (SSSR count). The van der Waals surface area contributed by atoms with E-state index in [1.54, 1.807) is 0 Å². The van der Waals surface area contributed by atoms with E-state index in [4.69, 9.17) is 5.73 Å². The molecule has 1 fully saturated rings. The van der Waals surface area contributed by atoms with Crippen molar-refractivity contribution in [1.82, 2.24) is 4.98 Å². The van der Waals surface area contributed by atoms with Gasteiger partial charge in [-0.15, -0.1) is 0 Å². The van der Waals surface area contributed by atoms with Crippen LogP contribution in [0.15, 0.2) is 6.07 Å². The van der Waals surface area contributed by atoms with Crippen LogP contribution < -0.4 is 10.6 Å². The van der Waals surface area contributed by atoms with Crippen LogP contribution >= 0.6 is 0 Å². The summed E-state index contributed by atoms with van der Waals surface area (Å²) in [5.74, 6) is 0.432. The normalized spacial score (nSPS) is 18.7. The maximum atomic E-state index is 9.67. The van der Waals surface area contributed by atoms with Crippen molar-refractivity contribution in [2.24, 2.45) is 11.7 Å². The fourth-order valence-corrected chi connectivity index (χ4v) is 2.99. The Morgan fingerprint density at radius 3 is 2.58 bits per heavy atom. The van der Waals surface area contributed by atoms with Gasteiger partial charge in [0.15, 0.2) is 0 Å². The second-order valence-corrected chi connectivity index (χ2v) is 5.62. The molecule has 4 heteroatoms. The first-order chi connectivity index (χ1) is 9.02. The maximum Gasteiger partial charge on any atom is 0.0541 e. The van der Waals surface area contributed by atoms with Gasteiger partial charge in [0.05, 0.1) is 6.10 Å². The van der Waals surface area contributed by atoms with E-state index in [1.165, 1.54) is 5.69 Å². The smallest absolute Gasteiger partial charge is 0.0541 e. The van der Waals surface area contributed by atoms with Crippen molar-refractivity contribution >= 4 is 5.69 Å². The molecule has 0 amide bonds. The second kappa shape index (κ2) is 5.88. The molecule has 3 N–H and O–H groups in total. The van der Waals surface area contributed by atoms with E-state index >= 15 is 0 Å². The third kappa shape index (κ3) is 3.07. The van der Waals surface area contributed by atoms with Crippen LogP contribution in [0.3, 0.4) is 0 Å². The van der Waals surface area contributed by atoms with Gasteiger partial charge in [-0.25, -0.2) is 0 Å². The van der Waals surface area contributed by atoms with Crippen molar-refractivity contribution in [3.63, 3.8) is 0 Å². The van der Waals surface area contributed by atoms with E-state index in [1.807, 2.05) is 20.8 Å². The van der Waals surface area contributed by atoms with Gasteiger partial charge in [0.2, 0.25) is 0 Å². The molecule has 1 atom stereocenters. The first-order valence-corrected chi connectivity index (χ1v) is 7.13. The van der Waals surface area contributed by atoms with Gasteiger partial charge in [0.1, 0.15) is 0 Å². The van der Waals surface area contributed by atoms with E-state index in [0.29, 0.717) is 12.5 Å². The van der Waals surface area contributed by atoms with Crippen LogP contribution in [0, 0.1) is 19.8 Å². The molecule has 2 heterocycles. The molecule has 0 aliphatic carbocycles. The molecule has 4 nitrogen and oxygen atoms in total. The molecule has 0 bridgehead atoms. The van der Waals surface area contributed by atoms with Crippen molar-refractivity contribution < 1.29 is 5.11 Å². The van der Waals surface area contributed by atoms with Gasteiger partial charge < -0.3 is 15.7 Å². The molecule has 19 heavy (non-hydrogen) atoms. The average molecular weight is 263 g/mol. The summed E-state index contributed by atoms with van der Waals surface area (Å²) in [6, 6.07) is 2.14. The lowest BCUT2D eigenvalue weighted by atomic mass is 9.91. The Bertz CT molecular complexity index is 437. The average Bonchev–Trinajstić information content (AvgIpc) is 2.38. The van der Waals surface area contributed by atoms with E-state index in [9.17, 15) is 5.11 Å². The summed E-state index contributed by atoms with van der Waals surface area (Å²) < 4.78 is 0. The first-order valence-electron chi connectivity index (χ1n) is 7.13. The summed E-state index contributed by atoms with van der Waals surface area (Å²) >= 11 is 0. The van der Waals surface area contributed by atoms with Gasteiger partial charge in [0, 0.05) is 42.3 Å². The van der Waals surface area contributed by atoms with Crippen molar-refractivity contribution in [3.8, 4) is 0 Å². The number of hydrogen-bond acceptors (Lipinski definition) is 4. The van der Waals surface area contributed by atoms with Crippen LogP contribution in [0.25, 0.3) is 0 Å². The zero-order valence-corrected chi connectivity index (χ0v) is 12.2. The standard InChI is InChI=1S/C15H25N3O/c1-10-8-15(14(9-16)11(2)17-10)18-6-4-13(5-7-18)12(3)19/h8,12-13,19H,4-7,9,16H2,1-3H3. The molecular formula is C15H25N3O. The van der Waals surface area contributed by atoms with E-state index < -0.39 is 0 Å². The van der Waals surface area contributed by atoms with Crippen molar-refractivity contribution in [3.05, 3.63) is 23.0 Å². The minimum Gasteiger partial charge on any atom is -0.393 e. The highest BCUT2D eigenvalue weighted by molar-refractivity contribution is 5.56. The number of hydrogen-bond donors (Lipinski definition) is 2. The molecule has 1 aromatic rings. The zero-order chi connectivity index (χ0) is 14.0. The number of piperidine rings is 1. The number of anilines is 1. The minimum absolute atomic E-state index is 0.197. The number of nitrogens with two attached hydrogens (primary N) is 1. The van der Waals surface area contributed by atoms with Gasteiger partial charge in [0.25, 0.3) is 0 Å². The van der Waals surface area contributed by atoms with Gasteiger partial charge in [-0.1, -0.05) is 0 Å². The largest absolute Gasteiger partial charge is 0.393 e. The van der Waals surface area contributed by atoms with E-state index in [2.05, 4.69) is 16.0 Å². The zero-order valence-electron chi connectivity index (χ0n) is 12.2. The van der Waals surface area contributed by atoms with Crippen LogP contribution in [0.1, 0.15) is 36.7 Å². The number of aliphatic hydroxyl groups excluding tert-OH is 1. The number of nitrogens with zero attached hydrogens (tertiary/aromatic N) is 2. The Kier molecular flexibility index (Phi) is 4.42. The molecule has 0 spiro atoms. The molecular weight excluding hydrogens is 238 g/mol. The monoisotopic (exact) mass is 263 g/mol. The van der Waals surface area contributed by atoms with Crippen molar-refractivity contribution in [2.45, 2.75) is 46.3 Å².